The fourth-order valence-corrected chi connectivity index (χ4v) is 9.64. The first-order chi connectivity index (χ1) is 30.8. The molecule has 0 spiro atoms. The van der Waals surface area contributed by atoms with Crippen molar-refractivity contribution in [3.63, 3.8) is 0 Å². The number of rotatable bonds is 24. The molecule has 6 unspecified atom stereocenters. The van der Waals surface area contributed by atoms with Gasteiger partial charge in [-0.2, -0.15) is 0 Å². The number of benzene rings is 3. The van der Waals surface area contributed by atoms with E-state index in [4.69, 9.17) is 28.9 Å². The Morgan fingerprint density at radius 1 is 1.02 bits per heavy atom. The van der Waals surface area contributed by atoms with Crippen LogP contribution in [0.15, 0.2) is 102 Å². The summed E-state index contributed by atoms with van der Waals surface area (Å²) in [6.45, 7) is 10.4. The molecular formula is C49H62N4O10. The Hall–Kier alpha value is -5.28. The maximum atomic E-state index is 14.6. The van der Waals surface area contributed by atoms with Gasteiger partial charge in [-0.25, -0.2) is 4.79 Å². The van der Waals surface area contributed by atoms with Crippen molar-refractivity contribution in [2.24, 2.45) is 22.9 Å². The Balaban J connectivity index is 1.37. The molecule has 7 rings (SSSR count). The Bertz CT molecular complexity index is 2060. The zero-order valence-electron chi connectivity index (χ0n) is 36.4. The van der Waals surface area contributed by atoms with Crippen molar-refractivity contribution in [1.29, 1.82) is 0 Å². The fraction of sp³-hybridized carbons (Fsp3) is 0.510. The number of hydrogen-bond donors (Lipinski definition) is 2. The van der Waals surface area contributed by atoms with E-state index in [1.165, 1.54) is 12.1 Å². The Morgan fingerprint density at radius 2 is 1.76 bits per heavy atom. The van der Waals surface area contributed by atoms with Crippen LogP contribution in [0.4, 0.5) is 10.5 Å². The van der Waals surface area contributed by atoms with Gasteiger partial charge in [0.25, 0.3) is 5.69 Å². The average Bonchev–Trinajstić information content (AvgIpc) is 4.13. The summed E-state index contributed by atoms with van der Waals surface area (Å²) in [7, 11) is 0. The second-order valence-electron chi connectivity index (χ2n) is 16.9. The van der Waals surface area contributed by atoms with Crippen LogP contribution in [0, 0.1) is 27.9 Å². The molecule has 2 heterocycles. The number of aliphatic hydroxyl groups excluding tert-OH is 2. The van der Waals surface area contributed by atoms with Crippen molar-refractivity contribution < 1.29 is 43.7 Å². The van der Waals surface area contributed by atoms with E-state index in [0.717, 1.165) is 67.8 Å². The van der Waals surface area contributed by atoms with Gasteiger partial charge in [0, 0.05) is 69.4 Å². The number of carbonyl (C=O) groups is 1. The monoisotopic (exact) mass is 866 g/mol. The van der Waals surface area contributed by atoms with Gasteiger partial charge in [0.2, 0.25) is 5.79 Å². The van der Waals surface area contributed by atoms with Crippen molar-refractivity contribution in [3.05, 3.63) is 124 Å². The second-order valence-corrected chi connectivity index (χ2v) is 16.9. The van der Waals surface area contributed by atoms with Gasteiger partial charge in [-0.15, -0.1) is 6.58 Å². The highest BCUT2D eigenvalue weighted by molar-refractivity contribution is 6.03. The van der Waals surface area contributed by atoms with Crippen LogP contribution in [0.25, 0.3) is 0 Å². The molecular weight excluding hydrogens is 805 g/mol. The Labute approximate surface area is 370 Å². The minimum Gasteiger partial charge on any atom is -0.492 e. The third-order valence-electron chi connectivity index (χ3n) is 12.7. The maximum Gasteiger partial charge on any atom is 0.410 e. The molecule has 14 nitrogen and oxygen atoms in total. The molecule has 6 atom stereocenters. The number of aliphatic hydroxyl groups is 2. The summed E-state index contributed by atoms with van der Waals surface area (Å²) >= 11 is 0. The largest absolute Gasteiger partial charge is 0.492 e. The van der Waals surface area contributed by atoms with Gasteiger partial charge >= 0.3 is 6.09 Å². The zero-order chi connectivity index (χ0) is 44.2. The smallest absolute Gasteiger partial charge is 0.410 e. The number of non-ortho nitro benzene ring substituents is 1. The standard InChI is InChI=1S/C49H62N4O10/c1-3-22-52(48(56)60-33-35-12-6-5-7-13-35)45-32-43(50-62-34-36-16-18-38(19-17-36)53(57)58)41-30-37(14-8-10-26-54)40(15-9-11-27-55)46-42-31-39(59-29-25-51-23-24-51)20-21-44(42)63-49(45,47(41)46)61-28-4-2/h4-7,12-13,16-21,30-31,37,40,45-47,54-55H,2-3,8-11,14-15,22-29,32-34H2,1H3. The van der Waals surface area contributed by atoms with Gasteiger partial charge in [-0.3, -0.25) is 19.9 Å². The lowest BCUT2D eigenvalue weighted by atomic mass is 9.55. The van der Waals surface area contributed by atoms with Gasteiger partial charge in [0.1, 0.15) is 37.4 Å². The molecule has 63 heavy (non-hydrogen) atoms. The molecule has 0 radical (unpaired) electrons. The third-order valence-corrected chi connectivity index (χ3v) is 12.7. The van der Waals surface area contributed by atoms with Gasteiger partial charge in [0.05, 0.1) is 23.2 Å². The van der Waals surface area contributed by atoms with E-state index in [0.29, 0.717) is 49.4 Å². The topological polar surface area (TPSA) is 165 Å². The highest BCUT2D eigenvalue weighted by Gasteiger charge is 2.65. The number of carbonyl (C=O) groups excluding carboxylic acids is 1. The number of hydrogen-bond acceptors (Lipinski definition) is 12. The normalized spacial score (nSPS) is 24.0. The molecule has 1 saturated heterocycles. The predicted octanol–water partition coefficient (Wildman–Crippen LogP) is 8.17. The number of amides is 1. The number of fused-ring (bicyclic) bond motifs is 2. The zero-order valence-corrected chi connectivity index (χ0v) is 36.4. The molecule has 338 valence electrons. The molecule has 1 saturated carbocycles. The lowest BCUT2D eigenvalue weighted by Gasteiger charge is -2.59. The lowest BCUT2D eigenvalue weighted by molar-refractivity contribution is -0.384. The Kier molecular flexibility index (Phi) is 15.9. The molecule has 2 aliphatic carbocycles. The number of unbranched alkanes of at least 4 members (excludes halogenated alkanes) is 2. The van der Waals surface area contributed by atoms with E-state index in [-0.39, 0.29) is 62.9 Å². The highest BCUT2D eigenvalue weighted by Crippen LogP contribution is 2.62. The molecule has 14 heteroatoms. The van der Waals surface area contributed by atoms with Gasteiger partial charge in [0.15, 0.2) is 0 Å². The first kappa shape index (κ1) is 45.7. The van der Waals surface area contributed by atoms with Crippen LogP contribution < -0.4 is 9.47 Å². The van der Waals surface area contributed by atoms with E-state index < -0.39 is 28.8 Å². The average molecular weight is 867 g/mol. The molecule has 2 aliphatic heterocycles. The van der Waals surface area contributed by atoms with E-state index in [2.05, 4.69) is 23.6 Å². The SMILES string of the molecule is C=CCOC12Oc3ccc(OCCN4CC4)cc3C3C(CCCCO)C(CCCCO)C=C(C(=NOCc4ccc([N+](=O)[O-])cc4)CC1N(CCC)C(=O)OCc1ccccc1)C32. The first-order valence-electron chi connectivity index (χ1n) is 22.6. The van der Waals surface area contributed by atoms with Crippen LogP contribution in [0.2, 0.25) is 0 Å². The van der Waals surface area contributed by atoms with Crippen LogP contribution in [0.3, 0.4) is 0 Å². The van der Waals surface area contributed by atoms with E-state index in [1.807, 2.05) is 49.4 Å². The minimum absolute atomic E-state index is 0.0165. The summed E-state index contributed by atoms with van der Waals surface area (Å²) in [6, 6.07) is 21.0. The van der Waals surface area contributed by atoms with E-state index in [1.54, 1.807) is 23.1 Å². The molecule has 0 aromatic heterocycles. The summed E-state index contributed by atoms with van der Waals surface area (Å²) in [5.41, 5.74) is 4.08. The third kappa shape index (κ3) is 10.9. The van der Waals surface area contributed by atoms with Crippen molar-refractivity contribution in [1.82, 2.24) is 9.80 Å². The summed E-state index contributed by atoms with van der Waals surface area (Å²) in [5, 5.41) is 36.1. The highest BCUT2D eigenvalue weighted by atomic mass is 16.7. The van der Waals surface area contributed by atoms with Crippen molar-refractivity contribution in [3.8, 4) is 11.5 Å². The minimum atomic E-state index is -1.43. The number of allylic oxidation sites excluding steroid dienone is 1. The summed E-state index contributed by atoms with van der Waals surface area (Å²) in [4.78, 5) is 35.7. The van der Waals surface area contributed by atoms with Gasteiger partial charge < -0.3 is 34.0 Å². The summed E-state index contributed by atoms with van der Waals surface area (Å²) in [5.74, 6) is -0.632. The number of nitro benzene ring substituents is 1. The van der Waals surface area contributed by atoms with E-state index >= 15 is 0 Å². The molecule has 1 amide bonds. The Morgan fingerprint density at radius 3 is 2.46 bits per heavy atom. The predicted molar refractivity (Wildman–Crippen MR) is 238 cm³/mol. The lowest BCUT2D eigenvalue weighted by Crippen LogP contribution is -2.70. The number of oxime groups is 1. The van der Waals surface area contributed by atoms with Gasteiger partial charge in [-0.1, -0.05) is 67.4 Å². The fourth-order valence-electron chi connectivity index (χ4n) is 9.64. The van der Waals surface area contributed by atoms with Crippen molar-refractivity contribution >= 4 is 17.5 Å². The maximum absolute atomic E-state index is 14.6. The molecule has 2 N–H and O–H groups in total. The van der Waals surface area contributed by atoms with Gasteiger partial charge in [-0.05, 0) is 91.0 Å². The molecule has 4 aliphatic rings. The molecule has 2 fully saturated rings. The first-order valence-corrected chi connectivity index (χ1v) is 22.6. The van der Waals surface area contributed by atoms with Crippen LogP contribution in [-0.2, 0) is 27.5 Å². The number of nitro groups is 1. The summed E-state index contributed by atoms with van der Waals surface area (Å²) in [6.07, 6.45) is 8.86. The summed E-state index contributed by atoms with van der Waals surface area (Å²) < 4.78 is 26.9. The van der Waals surface area contributed by atoms with Crippen LogP contribution in [-0.4, -0.2) is 101 Å². The van der Waals surface area contributed by atoms with Crippen LogP contribution in [0.5, 0.6) is 11.5 Å². The van der Waals surface area contributed by atoms with Crippen LogP contribution >= 0.6 is 0 Å². The molecule has 3 aromatic carbocycles. The van der Waals surface area contributed by atoms with Crippen molar-refractivity contribution in [2.75, 3.05) is 52.6 Å². The van der Waals surface area contributed by atoms with E-state index in [9.17, 15) is 25.1 Å². The molecule has 0 bridgehead atoms. The van der Waals surface area contributed by atoms with Crippen LogP contribution in [0.1, 0.15) is 80.9 Å². The quantitative estimate of drug-likeness (QED) is 0.0293. The number of ether oxygens (including phenoxy) is 4. The van der Waals surface area contributed by atoms with Crippen molar-refractivity contribution in [2.45, 2.75) is 89.3 Å². The molecule has 3 aromatic rings. The number of nitrogens with zero attached hydrogens (tertiary/aromatic N) is 4. The second kappa shape index (κ2) is 21.9.